The maximum absolute atomic E-state index is 13.0. The van der Waals surface area contributed by atoms with Crippen LogP contribution in [0.15, 0.2) is 46.9 Å². The van der Waals surface area contributed by atoms with Gasteiger partial charge in [-0.1, -0.05) is 12.1 Å². The number of carbonyl (C=O) groups excluding carboxylic acids is 1. The third-order valence-electron chi connectivity index (χ3n) is 5.31. The molecule has 142 valence electrons. The third kappa shape index (κ3) is 2.98. The fourth-order valence-corrected chi connectivity index (χ4v) is 3.85. The van der Waals surface area contributed by atoms with Crippen LogP contribution in [0.3, 0.4) is 0 Å². The molecule has 4 heterocycles. The van der Waals surface area contributed by atoms with E-state index in [1.54, 1.807) is 6.07 Å². The van der Waals surface area contributed by atoms with E-state index in [1.165, 1.54) is 0 Å². The summed E-state index contributed by atoms with van der Waals surface area (Å²) in [5, 5.41) is 7.12. The summed E-state index contributed by atoms with van der Waals surface area (Å²) in [6.45, 7) is 3.26. The number of aromatic amines is 2. The first-order chi connectivity index (χ1) is 13.7. The van der Waals surface area contributed by atoms with Gasteiger partial charge < -0.3 is 14.3 Å². The molecule has 2 N–H and O–H groups in total. The Balaban J connectivity index is 1.34. The number of aryl methyl sites for hydroxylation is 1. The van der Waals surface area contributed by atoms with Crippen LogP contribution in [0.4, 0.5) is 0 Å². The van der Waals surface area contributed by atoms with Crippen LogP contribution < -0.4 is 0 Å². The number of carbonyl (C=O) groups is 1. The van der Waals surface area contributed by atoms with Crippen LogP contribution in [0, 0.1) is 6.92 Å². The second-order valence-corrected chi connectivity index (χ2v) is 7.31. The molecule has 0 radical (unpaired) electrons. The summed E-state index contributed by atoms with van der Waals surface area (Å²) < 4.78 is 5.60. The molecule has 1 aliphatic rings. The molecule has 5 rings (SSSR count). The number of fused-ring (bicyclic) bond motifs is 1. The molecule has 1 amide bonds. The molecule has 28 heavy (non-hydrogen) atoms. The van der Waals surface area contributed by atoms with E-state index < -0.39 is 0 Å². The van der Waals surface area contributed by atoms with Crippen LogP contribution in [-0.2, 0) is 0 Å². The number of hydrogen-bond donors (Lipinski definition) is 2. The lowest BCUT2D eigenvalue weighted by molar-refractivity contribution is 0.0699. The van der Waals surface area contributed by atoms with Crippen molar-refractivity contribution in [3.63, 3.8) is 0 Å². The normalized spacial score (nSPS) is 17.3. The van der Waals surface area contributed by atoms with Crippen LogP contribution in [0.2, 0.25) is 0 Å². The van der Waals surface area contributed by atoms with E-state index in [9.17, 15) is 4.79 Å². The van der Waals surface area contributed by atoms with Crippen LogP contribution >= 0.6 is 0 Å². The van der Waals surface area contributed by atoms with Gasteiger partial charge in [0.2, 0.25) is 0 Å². The maximum Gasteiger partial charge on any atom is 0.274 e. The summed E-state index contributed by atoms with van der Waals surface area (Å²) in [4.78, 5) is 23.0. The fraction of sp³-hybridized carbons (Fsp3) is 0.286. The topological polar surface area (TPSA) is 90.8 Å². The Kier molecular flexibility index (Phi) is 4.00. The molecule has 0 saturated carbocycles. The summed E-state index contributed by atoms with van der Waals surface area (Å²) in [7, 11) is 0. The smallest absolute Gasteiger partial charge is 0.274 e. The van der Waals surface area contributed by atoms with Gasteiger partial charge in [-0.25, -0.2) is 4.98 Å². The molecule has 7 heteroatoms. The van der Waals surface area contributed by atoms with Gasteiger partial charge >= 0.3 is 0 Å². The van der Waals surface area contributed by atoms with Crippen molar-refractivity contribution in [3.8, 4) is 11.5 Å². The van der Waals surface area contributed by atoms with Crippen molar-refractivity contribution in [2.45, 2.75) is 25.7 Å². The summed E-state index contributed by atoms with van der Waals surface area (Å²) in [6.07, 6.45) is 1.96. The van der Waals surface area contributed by atoms with Crippen molar-refractivity contribution in [1.29, 1.82) is 0 Å². The zero-order valence-corrected chi connectivity index (χ0v) is 15.6. The number of rotatable bonds is 3. The number of benzene rings is 1. The minimum Gasteiger partial charge on any atom is -0.460 e. The summed E-state index contributed by atoms with van der Waals surface area (Å²) in [6, 6.07) is 13.5. The number of para-hydroxylation sites is 2. The average Bonchev–Trinajstić information content (AvgIpc) is 3.46. The van der Waals surface area contributed by atoms with Crippen LogP contribution in [0.1, 0.15) is 40.8 Å². The molecule has 1 fully saturated rings. The Morgan fingerprint density at radius 2 is 2.14 bits per heavy atom. The summed E-state index contributed by atoms with van der Waals surface area (Å²) in [5.74, 6) is 2.60. The van der Waals surface area contributed by atoms with E-state index in [2.05, 4.69) is 15.2 Å². The molecule has 0 bridgehead atoms. The molecular weight excluding hydrogens is 354 g/mol. The molecule has 1 saturated heterocycles. The second-order valence-electron chi connectivity index (χ2n) is 7.31. The standard InChI is InChI=1S/C21H21N5O2/c1-13-8-9-19(28-13)17-11-18(25-24-17)21(27)26-10-4-5-14(12-26)20-22-15-6-2-3-7-16(15)23-20/h2-3,6-9,11,14H,4-5,10,12H2,1H3,(H,22,23)(H,24,25). The Bertz CT molecular complexity index is 1110. The van der Waals surface area contributed by atoms with Gasteiger partial charge in [0.1, 0.15) is 17.3 Å². The molecule has 0 aliphatic carbocycles. The highest BCUT2D eigenvalue weighted by atomic mass is 16.3. The van der Waals surface area contributed by atoms with Crippen molar-refractivity contribution < 1.29 is 9.21 Å². The monoisotopic (exact) mass is 375 g/mol. The van der Waals surface area contributed by atoms with Crippen LogP contribution in [0.25, 0.3) is 22.5 Å². The molecule has 1 unspecified atom stereocenters. The molecule has 3 aromatic heterocycles. The molecule has 0 spiro atoms. The Morgan fingerprint density at radius 1 is 1.25 bits per heavy atom. The van der Waals surface area contributed by atoms with Gasteiger partial charge in [0, 0.05) is 25.1 Å². The number of amides is 1. The van der Waals surface area contributed by atoms with Crippen molar-refractivity contribution in [2.75, 3.05) is 13.1 Å². The van der Waals surface area contributed by atoms with Crippen molar-refractivity contribution >= 4 is 16.9 Å². The zero-order valence-electron chi connectivity index (χ0n) is 15.6. The predicted molar refractivity (Wildman–Crippen MR) is 105 cm³/mol. The maximum atomic E-state index is 13.0. The van der Waals surface area contributed by atoms with Crippen molar-refractivity contribution in [3.05, 3.63) is 59.7 Å². The van der Waals surface area contributed by atoms with E-state index in [0.29, 0.717) is 23.7 Å². The number of aromatic nitrogens is 4. The first kappa shape index (κ1) is 16.8. The molecule has 7 nitrogen and oxygen atoms in total. The van der Waals surface area contributed by atoms with Gasteiger partial charge in [0.05, 0.1) is 11.0 Å². The van der Waals surface area contributed by atoms with E-state index >= 15 is 0 Å². The van der Waals surface area contributed by atoms with Crippen LogP contribution in [-0.4, -0.2) is 44.1 Å². The lowest BCUT2D eigenvalue weighted by Crippen LogP contribution is -2.39. The van der Waals surface area contributed by atoms with Crippen molar-refractivity contribution in [1.82, 2.24) is 25.1 Å². The highest BCUT2D eigenvalue weighted by molar-refractivity contribution is 5.93. The first-order valence-corrected chi connectivity index (χ1v) is 9.53. The minimum atomic E-state index is -0.0633. The molecule has 1 atom stereocenters. The van der Waals surface area contributed by atoms with E-state index in [1.807, 2.05) is 48.2 Å². The zero-order chi connectivity index (χ0) is 19.1. The van der Waals surface area contributed by atoms with E-state index in [0.717, 1.165) is 42.0 Å². The number of furan rings is 1. The third-order valence-corrected chi connectivity index (χ3v) is 5.31. The average molecular weight is 375 g/mol. The van der Waals surface area contributed by atoms with Gasteiger partial charge in [-0.05, 0) is 44.0 Å². The van der Waals surface area contributed by atoms with Gasteiger partial charge in [-0.2, -0.15) is 5.10 Å². The number of imidazole rings is 1. The first-order valence-electron chi connectivity index (χ1n) is 9.53. The van der Waals surface area contributed by atoms with Crippen molar-refractivity contribution in [2.24, 2.45) is 0 Å². The van der Waals surface area contributed by atoms with E-state index in [4.69, 9.17) is 9.40 Å². The number of hydrogen-bond acceptors (Lipinski definition) is 4. The number of nitrogens with zero attached hydrogens (tertiary/aromatic N) is 3. The number of H-pyrrole nitrogens is 2. The van der Waals surface area contributed by atoms with Gasteiger partial charge in [-0.15, -0.1) is 0 Å². The summed E-state index contributed by atoms with van der Waals surface area (Å²) in [5.41, 5.74) is 3.12. The molecule has 1 aliphatic heterocycles. The Hall–Kier alpha value is -3.35. The largest absolute Gasteiger partial charge is 0.460 e. The minimum absolute atomic E-state index is 0.0633. The molecule has 4 aromatic rings. The Labute approximate surface area is 161 Å². The Morgan fingerprint density at radius 3 is 2.96 bits per heavy atom. The molecular formula is C21H21N5O2. The van der Waals surface area contributed by atoms with E-state index in [-0.39, 0.29) is 11.8 Å². The fourth-order valence-electron chi connectivity index (χ4n) is 3.85. The predicted octanol–water partition coefficient (Wildman–Crippen LogP) is 3.87. The van der Waals surface area contributed by atoms with Gasteiger partial charge in [-0.3, -0.25) is 9.89 Å². The quantitative estimate of drug-likeness (QED) is 0.569. The number of likely N-dealkylation sites (tertiary alicyclic amines) is 1. The highest BCUT2D eigenvalue weighted by Gasteiger charge is 2.28. The molecule has 1 aromatic carbocycles. The number of piperidine rings is 1. The van der Waals surface area contributed by atoms with Gasteiger partial charge in [0.25, 0.3) is 5.91 Å². The van der Waals surface area contributed by atoms with Gasteiger partial charge in [0.15, 0.2) is 11.5 Å². The second kappa shape index (κ2) is 6.67. The lowest BCUT2D eigenvalue weighted by Gasteiger charge is -2.31. The number of nitrogens with one attached hydrogen (secondary N) is 2. The lowest BCUT2D eigenvalue weighted by atomic mass is 9.97. The highest BCUT2D eigenvalue weighted by Crippen LogP contribution is 2.28. The SMILES string of the molecule is Cc1ccc(-c2cc(C(=O)N3CCCC(c4nc5ccccc5[nH]4)C3)n[nH]2)o1. The van der Waals surface area contributed by atoms with Crippen LogP contribution in [0.5, 0.6) is 0 Å². The summed E-state index contributed by atoms with van der Waals surface area (Å²) >= 11 is 0.